The van der Waals surface area contributed by atoms with E-state index in [4.69, 9.17) is 0 Å². The number of amides is 1. The van der Waals surface area contributed by atoms with Crippen LogP contribution in [0.5, 0.6) is 0 Å². The van der Waals surface area contributed by atoms with E-state index in [9.17, 15) is 13.2 Å². The molecular formula is C24H23BrN2O3S. The fourth-order valence-corrected chi connectivity index (χ4v) is 6.35. The summed E-state index contributed by atoms with van der Waals surface area (Å²) in [6.45, 7) is 0.580. The molecule has 1 aliphatic heterocycles. The number of nitrogens with zero attached hydrogens (tertiary/aromatic N) is 1. The number of anilines is 1. The van der Waals surface area contributed by atoms with Crippen molar-refractivity contribution in [2.24, 2.45) is 5.92 Å². The third-order valence-electron chi connectivity index (χ3n) is 5.48. The maximum atomic E-state index is 13.1. The van der Waals surface area contributed by atoms with Crippen LogP contribution in [0, 0.1) is 5.92 Å². The Hall–Kier alpha value is -2.48. The van der Waals surface area contributed by atoms with Crippen molar-refractivity contribution in [1.29, 1.82) is 0 Å². The van der Waals surface area contributed by atoms with E-state index in [-0.39, 0.29) is 17.3 Å². The van der Waals surface area contributed by atoms with Crippen LogP contribution >= 0.6 is 15.9 Å². The topological polar surface area (TPSA) is 66.5 Å². The predicted octanol–water partition coefficient (Wildman–Crippen LogP) is 5.16. The normalized spacial score (nSPS) is 17.3. The van der Waals surface area contributed by atoms with Gasteiger partial charge in [-0.25, -0.2) is 8.42 Å². The minimum atomic E-state index is -3.68. The lowest BCUT2D eigenvalue weighted by atomic mass is 9.98. The maximum absolute atomic E-state index is 13.1. The lowest BCUT2D eigenvalue weighted by Crippen LogP contribution is -2.43. The first-order valence-electron chi connectivity index (χ1n) is 10.2. The first kappa shape index (κ1) is 21.7. The molecule has 1 saturated heterocycles. The molecule has 0 saturated carbocycles. The number of benzene rings is 3. The highest BCUT2D eigenvalue weighted by Crippen LogP contribution is 2.31. The lowest BCUT2D eigenvalue weighted by molar-refractivity contribution is -0.120. The van der Waals surface area contributed by atoms with Crippen LogP contribution in [0.3, 0.4) is 0 Å². The Bertz CT molecular complexity index is 1180. The van der Waals surface area contributed by atoms with Crippen molar-refractivity contribution in [1.82, 2.24) is 4.31 Å². The zero-order valence-electron chi connectivity index (χ0n) is 16.9. The molecule has 1 fully saturated rings. The number of para-hydroxylation sites is 1. The van der Waals surface area contributed by atoms with Crippen LogP contribution in [0.25, 0.3) is 11.1 Å². The van der Waals surface area contributed by atoms with Crippen molar-refractivity contribution in [2.45, 2.75) is 17.7 Å². The van der Waals surface area contributed by atoms with E-state index in [1.165, 1.54) is 4.31 Å². The zero-order valence-corrected chi connectivity index (χ0v) is 19.3. The molecule has 7 heteroatoms. The smallest absolute Gasteiger partial charge is 0.244 e. The van der Waals surface area contributed by atoms with Gasteiger partial charge in [0.25, 0.3) is 0 Å². The van der Waals surface area contributed by atoms with Crippen molar-refractivity contribution in [2.75, 3.05) is 18.4 Å². The summed E-state index contributed by atoms with van der Waals surface area (Å²) in [5.41, 5.74) is 2.68. The van der Waals surface area contributed by atoms with E-state index in [0.29, 0.717) is 23.9 Å². The van der Waals surface area contributed by atoms with Crippen LogP contribution in [0.2, 0.25) is 0 Å². The molecule has 31 heavy (non-hydrogen) atoms. The van der Waals surface area contributed by atoms with Gasteiger partial charge in [0.05, 0.1) is 10.8 Å². The molecule has 1 atom stereocenters. The number of piperidine rings is 1. The number of hydrogen-bond donors (Lipinski definition) is 1. The number of carbonyl (C=O) groups is 1. The molecule has 1 unspecified atom stereocenters. The molecule has 1 amide bonds. The number of nitrogens with one attached hydrogen (secondary N) is 1. The van der Waals surface area contributed by atoms with Gasteiger partial charge in [0.1, 0.15) is 0 Å². The first-order chi connectivity index (χ1) is 15.0. The summed E-state index contributed by atoms with van der Waals surface area (Å²) < 4.78 is 28.2. The quantitative estimate of drug-likeness (QED) is 0.528. The first-order valence-corrected chi connectivity index (χ1v) is 12.4. The molecule has 1 N–H and O–H groups in total. The lowest BCUT2D eigenvalue weighted by Gasteiger charge is -2.31. The molecule has 160 valence electrons. The molecule has 0 radical (unpaired) electrons. The monoisotopic (exact) mass is 498 g/mol. The van der Waals surface area contributed by atoms with Crippen molar-refractivity contribution in [3.8, 4) is 11.1 Å². The van der Waals surface area contributed by atoms with Crippen LogP contribution in [-0.2, 0) is 14.8 Å². The predicted molar refractivity (Wildman–Crippen MR) is 126 cm³/mol. The fraction of sp³-hybridized carbons (Fsp3) is 0.208. The molecule has 3 aromatic carbocycles. The Morgan fingerprint density at radius 2 is 1.61 bits per heavy atom. The Balaban J connectivity index is 1.53. The van der Waals surface area contributed by atoms with Gasteiger partial charge in [-0.2, -0.15) is 4.31 Å². The minimum Gasteiger partial charge on any atom is -0.325 e. The Kier molecular flexibility index (Phi) is 6.55. The number of sulfonamides is 1. The van der Waals surface area contributed by atoms with Gasteiger partial charge in [-0.05, 0) is 52.5 Å². The Morgan fingerprint density at radius 3 is 2.39 bits per heavy atom. The molecular weight excluding hydrogens is 476 g/mol. The van der Waals surface area contributed by atoms with E-state index in [0.717, 1.165) is 16.8 Å². The minimum absolute atomic E-state index is 0.157. The van der Waals surface area contributed by atoms with E-state index in [2.05, 4.69) is 21.2 Å². The zero-order chi connectivity index (χ0) is 21.8. The summed E-state index contributed by atoms with van der Waals surface area (Å²) in [5.74, 6) is -0.565. The largest absolute Gasteiger partial charge is 0.325 e. The SMILES string of the molecule is O=C(Nc1ccccc1-c1ccccc1)C1CCCN(S(=O)(=O)c2ccccc2Br)C1. The molecule has 0 bridgehead atoms. The molecule has 1 heterocycles. The van der Waals surface area contributed by atoms with Gasteiger partial charge in [-0.15, -0.1) is 0 Å². The molecule has 0 aliphatic carbocycles. The third kappa shape index (κ3) is 4.74. The molecule has 0 spiro atoms. The van der Waals surface area contributed by atoms with Crippen molar-refractivity contribution < 1.29 is 13.2 Å². The van der Waals surface area contributed by atoms with Gasteiger partial charge in [0.15, 0.2) is 0 Å². The molecule has 3 aromatic rings. The molecule has 1 aliphatic rings. The van der Waals surface area contributed by atoms with Crippen molar-refractivity contribution in [3.63, 3.8) is 0 Å². The van der Waals surface area contributed by atoms with Crippen LogP contribution in [0.1, 0.15) is 12.8 Å². The van der Waals surface area contributed by atoms with Crippen LogP contribution in [-0.4, -0.2) is 31.7 Å². The summed E-state index contributed by atoms with van der Waals surface area (Å²) in [4.78, 5) is 13.3. The highest BCUT2D eigenvalue weighted by atomic mass is 79.9. The molecule has 4 rings (SSSR count). The van der Waals surface area contributed by atoms with Gasteiger partial charge < -0.3 is 5.32 Å². The standard InChI is InChI=1S/C24H23BrN2O3S/c25-21-13-5-7-15-23(21)31(29,30)27-16-8-11-19(17-27)24(28)26-22-14-6-4-12-20(22)18-9-2-1-3-10-18/h1-7,9-10,12-15,19H,8,11,16-17H2,(H,26,28). The number of hydrogen-bond acceptors (Lipinski definition) is 3. The van der Waals surface area contributed by atoms with E-state index < -0.39 is 15.9 Å². The summed E-state index contributed by atoms with van der Waals surface area (Å²) in [5, 5.41) is 3.03. The Morgan fingerprint density at radius 1 is 0.935 bits per heavy atom. The summed E-state index contributed by atoms with van der Waals surface area (Å²) >= 11 is 3.33. The van der Waals surface area contributed by atoms with Crippen LogP contribution < -0.4 is 5.32 Å². The summed E-state index contributed by atoms with van der Waals surface area (Å²) in [6.07, 6.45) is 1.30. The third-order valence-corrected chi connectivity index (χ3v) is 8.36. The fourth-order valence-electron chi connectivity index (χ4n) is 3.86. The van der Waals surface area contributed by atoms with E-state index >= 15 is 0 Å². The highest BCUT2D eigenvalue weighted by Gasteiger charge is 2.34. The second-order valence-electron chi connectivity index (χ2n) is 7.53. The van der Waals surface area contributed by atoms with Gasteiger partial charge in [0.2, 0.25) is 15.9 Å². The average Bonchev–Trinajstić information content (AvgIpc) is 2.80. The van der Waals surface area contributed by atoms with Gasteiger partial charge in [0, 0.05) is 28.8 Å². The highest BCUT2D eigenvalue weighted by molar-refractivity contribution is 9.10. The summed E-state index contributed by atoms with van der Waals surface area (Å²) in [6, 6.07) is 24.3. The second-order valence-corrected chi connectivity index (χ2v) is 10.3. The van der Waals surface area contributed by atoms with Crippen molar-refractivity contribution in [3.05, 3.63) is 83.3 Å². The Labute approximate surface area is 191 Å². The van der Waals surface area contributed by atoms with Gasteiger partial charge in [-0.1, -0.05) is 60.7 Å². The molecule has 0 aromatic heterocycles. The number of halogens is 1. The number of rotatable bonds is 5. The van der Waals surface area contributed by atoms with Gasteiger partial charge >= 0.3 is 0 Å². The second kappa shape index (κ2) is 9.34. The summed E-state index contributed by atoms with van der Waals surface area (Å²) in [7, 11) is -3.68. The molecule has 5 nitrogen and oxygen atoms in total. The van der Waals surface area contributed by atoms with Crippen molar-refractivity contribution >= 4 is 37.5 Å². The van der Waals surface area contributed by atoms with Crippen LogP contribution in [0.4, 0.5) is 5.69 Å². The maximum Gasteiger partial charge on any atom is 0.244 e. The average molecular weight is 499 g/mol. The van der Waals surface area contributed by atoms with E-state index in [1.807, 2.05) is 54.6 Å². The van der Waals surface area contributed by atoms with Gasteiger partial charge in [-0.3, -0.25) is 4.79 Å². The van der Waals surface area contributed by atoms with E-state index in [1.54, 1.807) is 24.3 Å². The van der Waals surface area contributed by atoms with Crippen LogP contribution in [0.15, 0.2) is 88.2 Å². The number of carbonyl (C=O) groups excluding carboxylic acids is 1.